The van der Waals surface area contributed by atoms with Gasteiger partial charge in [0, 0.05) is 5.69 Å². The van der Waals surface area contributed by atoms with Crippen molar-refractivity contribution < 1.29 is 61.9 Å². The Morgan fingerprint density at radius 1 is 0.821 bits per heavy atom. The molecule has 0 radical (unpaired) electrons. The molecule has 0 atom stereocenters. The van der Waals surface area contributed by atoms with Crippen LogP contribution in [0.4, 0.5) is 62.8 Å². The number of rotatable bonds is 7. The van der Waals surface area contributed by atoms with Gasteiger partial charge in [-0.25, -0.2) is 13.2 Å². The van der Waals surface area contributed by atoms with Gasteiger partial charge in [-0.05, 0) is 18.2 Å². The fourth-order valence-electron chi connectivity index (χ4n) is 1.66. The second-order valence-corrected chi connectivity index (χ2v) is 5.19. The van der Waals surface area contributed by atoms with Gasteiger partial charge in [0.05, 0.1) is 0 Å². The summed E-state index contributed by atoms with van der Waals surface area (Å²) in [7, 11) is 0. The van der Waals surface area contributed by atoms with Gasteiger partial charge in [0.1, 0.15) is 5.82 Å². The first-order valence-corrected chi connectivity index (χ1v) is 6.58. The van der Waals surface area contributed by atoms with Crippen molar-refractivity contribution in [2.75, 3.05) is 5.32 Å². The summed E-state index contributed by atoms with van der Waals surface area (Å²) in [6.07, 6.45) is -5.64. The smallest absolute Gasteiger partial charge is 0.321 e. The van der Waals surface area contributed by atoms with E-state index < -0.39 is 53.4 Å². The van der Waals surface area contributed by atoms with Crippen LogP contribution < -0.4 is 5.32 Å². The van der Waals surface area contributed by atoms with E-state index in [9.17, 15) is 61.9 Å². The van der Waals surface area contributed by atoms with Crippen molar-refractivity contribution in [2.45, 2.75) is 36.0 Å². The van der Waals surface area contributed by atoms with Crippen LogP contribution in [0.25, 0.3) is 0 Å². The lowest BCUT2D eigenvalue weighted by molar-refractivity contribution is -0.406. The van der Waals surface area contributed by atoms with Gasteiger partial charge in [-0.1, -0.05) is 6.07 Å². The summed E-state index contributed by atoms with van der Waals surface area (Å²) in [5, 5.41) is 0.791. The molecule has 0 bridgehead atoms. The zero-order valence-electron chi connectivity index (χ0n) is 12.7. The number of benzene rings is 1. The van der Waals surface area contributed by atoms with E-state index in [1.807, 2.05) is 0 Å². The molecule has 0 saturated heterocycles. The molecule has 1 N–H and O–H groups in total. The highest BCUT2D eigenvalue weighted by Crippen LogP contribution is 2.58. The highest BCUT2D eigenvalue weighted by molar-refractivity contribution is 5.97. The first-order chi connectivity index (χ1) is 12.3. The van der Waals surface area contributed by atoms with Crippen LogP contribution in [-0.2, 0) is 4.79 Å². The summed E-state index contributed by atoms with van der Waals surface area (Å²) in [4.78, 5) is 11.2. The Hall–Kier alpha value is -2.22. The van der Waals surface area contributed by atoms with E-state index >= 15 is 0 Å². The summed E-state index contributed by atoms with van der Waals surface area (Å²) in [6.45, 7) is 0. The van der Waals surface area contributed by atoms with Gasteiger partial charge in [0.15, 0.2) is 0 Å². The summed E-state index contributed by atoms with van der Waals surface area (Å²) >= 11 is 0. The third-order valence-electron chi connectivity index (χ3n) is 3.24. The molecule has 0 aliphatic rings. The number of nitrogens with one attached hydrogen (secondary N) is 1. The van der Waals surface area contributed by atoms with E-state index in [0.29, 0.717) is 12.1 Å². The number of anilines is 1. The van der Waals surface area contributed by atoms with Crippen LogP contribution in [0.5, 0.6) is 0 Å². The lowest BCUT2D eigenvalue weighted by atomic mass is 9.94. The summed E-state index contributed by atoms with van der Waals surface area (Å²) < 4.78 is 168. The Morgan fingerprint density at radius 3 is 1.75 bits per heavy atom. The van der Waals surface area contributed by atoms with Crippen molar-refractivity contribution in [3.8, 4) is 0 Å². The van der Waals surface area contributed by atoms with Crippen molar-refractivity contribution in [2.24, 2.45) is 0 Å². The fourth-order valence-corrected chi connectivity index (χ4v) is 1.66. The van der Waals surface area contributed by atoms with Gasteiger partial charge in [0.25, 0.3) is 0 Å². The topological polar surface area (TPSA) is 29.1 Å². The molecule has 1 amide bonds. The molecule has 0 unspecified atom stereocenters. The lowest BCUT2D eigenvalue weighted by Gasteiger charge is -2.38. The molecule has 15 heteroatoms. The molecule has 0 aliphatic carbocycles. The van der Waals surface area contributed by atoms with Crippen molar-refractivity contribution in [1.82, 2.24) is 0 Å². The number of halogens is 13. The average Bonchev–Trinajstić information content (AvgIpc) is 2.53. The fraction of sp³-hybridized carbons (Fsp3) is 0.462. The standard InChI is InChI=1S/C13H6F13NO/c14-5-2-1-3-6(4-5)27-8(28)10(19,20)12(23,24)13(25,26)11(21,22)9(17,18)7(15)16/h1-4,7H,(H,27,28). The normalized spacial score (nSPS) is 14.4. The predicted octanol–water partition coefficient (Wildman–Crippen LogP) is 5.21. The van der Waals surface area contributed by atoms with Crippen molar-refractivity contribution in [3.63, 3.8) is 0 Å². The average molecular weight is 439 g/mol. The van der Waals surface area contributed by atoms with Crippen LogP contribution in [0.2, 0.25) is 0 Å². The highest BCUT2D eigenvalue weighted by atomic mass is 19.4. The second-order valence-electron chi connectivity index (χ2n) is 5.19. The van der Waals surface area contributed by atoms with Crippen LogP contribution >= 0.6 is 0 Å². The molecule has 28 heavy (non-hydrogen) atoms. The first kappa shape index (κ1) is 23.8. The number of carbonyl (C=O) groups is 1. The third kappa shape index (κ3) is 3.45. The molecule has 0 fully saturated rings. The van der Waals surface area contributed by atoms with Gasteiger partial charge in [-0.3, -0.25) is 4.79 Å². The minimum absolute atomic E-state index is 0.226. The first-order valence-electron chi connectivity index (χ1n) is 6.58. The van der Waals surface area contributed by atoms with Gasteiger partial charge >= 0.3 is 41.9 Å². The Kier molecular flexibility index (Phi) is 5.94. The zero-order valence-corrected chi connectivity index (χ0v) is 12.7. The number of carbonyl (C=O) groups excluding carboxylic acids is 1. The molecule has 0 saturated carbocycles. The van der Waals surface area contributed by atoms with Crippen LogP contribution in [-0.4, -0.2) is 41.9 Å². The minimum Gasteiger partial charge on any atom is -0.321 e. The molecule has 1 rings (SSSR count). The SMILES string of the molecule is O=C(Nc1cccc(F)c1)C(F)(F)C(F)(F)C(F)(F)C(F)(F)C(F)(F)C(F)F. The Balaban J connectivity index is 3.34. The van der Waals surface area contributed by atoms with E-state index in [1.165, 1.54) is 0 Å². The second kappa shape index (κ2) is 6.99. The molecule has 0 heterocycles. The molecule has 1 aromatic rings. The van der Waals surface area contributed by atoms with E-state index in [2.05, 4.69) is 0 Å². The molecule has 2 nitrogen and oxygen atoms in total. The van der Waals surface area contributed by atoms with E-state index in [0.717, 1.165) is 11.4 Å². The molecule has 160 valence electrons. The zero-order chi connectivity index (χ0) is 22.3. The van der Waals surface area contributed by atoms with Gasteiger partial charge in [-0.15, -0.1) is 0 Å². The van der Waals surface area contributed by atoms with E-state index in [-0.39, 0.29) is 6.07 Å². The van der Waals surface area contributed by atoms with Crippen molar-refractivity contribution in [3.05, 3.63) is 30.1 Å². The molecular weight excluding hydrogens is 433 g/mol. The number of hydrogen-bond donors (Lipinski definition) is 1. The van der Waals surface area contributed by atoms with E-state index in [1.54, 1.807) is 0 Å². The van der Waals surface area contributed by atoms with Crippen LogP contribution in [0.15, 0.2) is 24.3 Å². The minimum atomic E-state index is -7.82. The van der Waals surface area contributed by atoms with Crippen LogP contribution in [0.1, 0.15) is 0 Å². The number of hydrogen-bond acceptors (Lipinski definition) is 1. The Labute approximate surface area is 146 Å². The molecule has 0 spiro atoms. The van der Waals surface area contributed by atoms with E-state index in [4.69, 9.17) is 0 Å². The maximum absolute atomic E-state index is 13.5. The molecule has 0 aromatic heterocycles. The summed E-state index contributed by atoms with van der Waals surface area (Å²) in [5.74, 6) is -41.7. The predicted molar refractivity (Wildman–Crippen MR) is 65.8 cm³/mol. The number of amides is 1. The molecule has 0 aliphatic heterocycles. The van der Waals surface area contributed by atoms with Crippen molar-refractivity contribution in [1.29, 1.82) is 0 Å². The third-order valence-corrected chi connectivity index (χ3v) is 3.24. The lowest BCUT2D eigenvalue weighted by Crippen LogP contribution is -2.70. The molecule has 1 aromatic carbocycles. The van der Waals surface area contributed by atoms with Crippen molar-refractivity contribution >= 4 is 11.6 Å². The summed E-state index contributed by atoms with van der Waals surface area (Å²) in [6, 6.07) is 2.22. The quantitative estimate of drug-likeness (QED) is 0.582. The maximum atomic E-state index is 13.5. The summed E-state index contributed by atoms with van der Waals surface area (Å²) in [5.41, 5.74) is -1.02. The van der Waals surface area contributed by atoms with Gasteiger partial charge in [0.2, 0.25) is 0 Å². The highest BCUT2D eigenvalue weighted by Gasteiger charge is 2.89. The maximum Gasteiger partial charge on any atom is 0.393 e. The van der Waals surface area contributed by atoms with Gasteiger partial charge in [-0.2, -0.15) is 43.9 Å². The largest absolute Gasteiger partial charge is 0.393 e. The molecular formula is C13H6F13NO. The van der Waals surface area contributed by atoms with Gasteiger partial charge < -0.3 is 5.32 Å². The Bertz CT molecular complexity index is 731. The van der Waals surface area contributed by atoms with Crippen LogP contribution in [0, 0.1) is 5.82 Å². The Morgan fingerprint density at radius 2 is 1.32 bits per heavy atom. The monoisotopic (exact) mass is 439 g/mol. The number of alkyl halides is 12. The van der Waals surface area contributed by atoms with Crippen LogP contribution in [0.3, 0.4) is 0 Å².